The van der Waals surface area contributed by atoms with Gasteiger partial charge in [0.2, 0.25) is 0 Å². The minimum absolute atomic E-state index is 0. The van der Waals surface area contributed by atoms with Gasteiger partial charge in [0, 0.05) is 0 Å². The first-order valence-electron chi connectivity index (χ1n) is 10.8. The Morgan fingerprint density at radius 3 is 0.600 bits per heavy atom. The van der Waals surface area contributed by atoms with Crippen molar-refractivity contribution in [2.75, 3.05) is 0 Å². The normalized spacial score (nSPS) is 9.12. The Labute approximate surface area is 167 Å². The summed E-state index contributed by atoms with van der Waals surface area (Å²) in [6.07, 6.45) is 5.32. The quantitative estimate of drug-likeness (QED) is 0.466. The first-order chi connectivity index (χ1) is 10.8. The fraction of sp³-hybridized carbons (Fsp3) is 1.00. The van der Waals surface area contributed by atoms with Crippen molar-refractivity contribution in [1.29, 1.82) is 0 Å². The average Bonchev–Trinajstić information content (AvgIpc) is 2.38. The summed E-state index contributed by atoms with van der Waals surface area (Å²) in [5, 5.41) is 0. The zero-order chi connectivity index (χ0) is 20.7. The maximum absolute atomic E-state index is 2.25. The van der Waals surface area contributed by atoms with E-state index in [0.29, 0.717) is 0 Å². The summed E-state index contributed by atoms with van der Waals surface area (Å²) in [6.45, 7) is 33.0. The van der Waals surface area contributed by atoms with Gasteiger partial charge in [-0.05, 0) is 29.6 Å². The molecule has 25 heavy (non-hydrogen) atoms. The SMILES string of the molecule is C.CC(C)C.CC(C)C.CCC(C)C.CCC(C)C.CCCC(C)C. The van der Waals surface area contributed by atoms with Crippen molar-refractivity contribution in [1.82, 2.24) is 0 Å². The molecule has 0 aliphatic heterocycles. The van der Waals surface area contributed by atoms with Gasteiger partial charge in [-0.3, -0.25) is 0 Å². The van der Waals surface area contributed by atoms with Gasteiger partial charge >= 0.3 is 0 Å². The van der Waals surface area contributed by atoms with E-state index in [-0.39, 0.29) is 7.43 Å². The van der Waals surface area contributed by atoms with Crippen molar-refractivity contribution < 1.29 is 0 Å². The van der Waals surface area contributed by atoms with Crippen molar-refractivity contribution in [2.45, 2.75) is 137 Å². The van der Waals surface area contributed by atoms with E-state index in [9.17, 15) is 0 Å². The van der Waals surface area contributed by atoms with Crippen LogP contribution in [-0.4, -0.2) is 0 Å². The van der Waals surface area contributed by atoms with Crippen molar-refractivity contribution in [2.24, 2.45) is 29.6 Å². The predicted molar refractivity (Wildman–Crippen MR) is 128 cm³/mol. The molecule has 0 radical (unpaired) electrons. The summed E-state index contributed by atoms with van der Waals surface area (Å²) in [6, 6.07) is 0. The highest BCUT2D eigenvalue weighted by Crippen LogP contribution is 2.00. The molecule has 0 aromatic carbocycles. The Hall–Kier alpha value is 0. The molecule has 0 atom stereocenters. The molecule has 0 amide bonds. The van der Waals surface area contributed by atoms with E-state index >= 15 is 0 Å². The largest absolute Gasteiger partial charge is 0.0776 e. The third kappa shape index (κ3) is 237. The molecule has 0 spiro atoms. The molecule has 0 saturated heterocycles. The lowest BCUT2D eigenvalue weighted by atomic mass is 10.1. The van der Waals surface area contributed by atoms with Gasteiger partial charge in [0.05, 0.1) is 0 Å². The van der Waals surface area contributed by atoms with Crippen LogP contribution >= 0.6 is 0 Å². The molecule has 0 saturated carbocycles. The zero-order valence-corrected chi connectivity index (χ0v) is 20.7. The van der Waals surface area contributed by atoms with Crippen LogP contribution in [0, 0.1) is 29.6 Å². The average molecular weight is 363 g/mol. The summed E-state index contributed by atoms with van der Waals surface area (Å²) < 4.78 is 0. The van der Waals surface area contributed by atoms with Crippen LogP contribution in [-0.2, 0) is 0 Å². The van der Waals surface area contributed by atoms with Crippen LogP contribution in [0.2, 0.25) is 0 Å². The molecule has 0 aromatic heterocycles. The minimum Gasteiger partial charge on any atom is -0.0776 e. The Kier molecular flexibility index (Phi) is 56.1. The first kappa shape index (κ1) is 39.9. The Morgan fingerprint density at radius 1 is 0.440 bits per heavy atom. The van der Waals surface area contributed by atoms with E-state index in [0.717, 1.165) is 29.6 Å². The van der Waals surface area contributed by atoms with Gasteiger partial charge < -0.3 is 0 Å². The van der Waals surface area contributed by atoms with Gasteiger partial charge in [0.25, 0.3) is 0 Å². The highest BCUT2D eigenvalue weighted by atomic mass is 13.9. The molecule has 0 bridgehead atoms. The van der Waals surface area contributed by atoms with Gasteiger partial charge in [0.1, 0.15) is 0 Å². The van der Waals surface area contributed by atoms with E-state index < -0.39 is 0 Å². The molecular formula is C25H62. The molecular weight excluding hydrogens is 300 g/mol. The highest BCUT2D eigenvalue weighted by molar-refractivity contribution is 4.38. The molecule has 0 aliphatic rings. The molecule has 0 fully saturated rings. The maximum atomic E-state index is 2.25. The lowest BCUT2D eigenvalue weighted by molar-refractivity contribution is 0.576. The molecule has 0 unspecified atom stereocenters. The van der Waals surface area contributed by atoms with Crippen LogP contribution in [0.15, 0.2) is 0 Å². The molecule has 0 N–H and O–H groups in total. The smallest absolute Gasteiger partial charge is 0.0471 e. The predicted octanol–water partition coefficient (Wildman–Crippen LogP) is 10.5. The summed E-state index contributed by atoms with van der Waals surface area (Å²) in [7, 11) is 0. The van der Waals surface area contributed by atoms with E-state index in [2.05, 4.69) is 104 Å². The van der Waals surface area contributed by atoms with Gasteiger partial charge in [-0.15, -0.1) is 0 Å². The van der Waals surface area contributed by atoms with E-state index in [1.54, 1.807) is 0 Å². The minimum atomic E-state index is 0. The molecule has 0 aliphatic carbocycles. The third-order valence-corrected chi connectivity index (χ3v) is 2.50. The summed E-state index contributed by atoms with van der Waals surface area (Å²) in [4.78, 5) is 0. The topological polar surface area (TPSA) is 0 Å². The van der Waals surface area contributed by atoms with E-state index in [1.807, 2.05) is 0 Å². The summed E-state index contributed by atoms with van der Waals surface area (Å²) >= 11 is 0. The van der Waals surface area contributed by atoms with Crippen LogP contribution in [0.3, 0.4) is 0 Å². The lowest BCUT2D eigenvalue weighted by Gasteiger charge is -1.95. The van der Waals surface area contributed by atoms with Crippen LogP contribution < -0.4 is 0 Å². The second kappa shape index (κ2) is 35.2. The zero-order valence-electron chi connectivity index (χ0n) is 20.7. The van der Waals surface area contributed by atoms with Gasteiger partial charge in [-0.1, -0.05) is 137 Å². The number of rotatable bonds is 4. The molecule has 0 nitrogen and oxygen atoms in total. The van der Waals surface area contributed by atoms with Gasteiger partial charge in [-0.25, -0.2) is 0 Å². The lowest BCUT2D eigenvalue weighted by Crippen LogP contribution is -1.81. The third-order valence-electron chi connectivity index (χ3n) is 2.50. The monoisotopic (exact) mass is 362 g/mol. The second-order valence-electron chi connectivity index (χ2n) is 9.25. The second-order valence-corrected chi connectivity index (χ2v) is 9.25. The Balaban J connectivity index is -0.0000000451. The van der Waals surface area contributed by atoms with Crippen LogP contribution in [0.1, 0.15) is 137 Å². The van der Waals surface area contributed by atoms with Crippen LogP contribution in [0.4, 0.5) is 0 Å². The highest BCUT2D eigenvalue weighted by Gasteiger charge is 1.85. The molecule has 0 aromatic rings. The first-order valence-corrected chi connectivity index (χ1v) is 10.8. The number of hydrogen-bond donors (Lipinski definition) is 0. The maximum Gasteiger partial charge on any atom is -0.0471 e. The van der Waals surface area contributed by atoms with Crippen molar-refractivity contribution >= 4 is 0 Å². The Morgan fingerprint density at radius 2 is 0.600 bits per heavy atom. The summed E-state index contributed by atoms with van der Waals surface area (Å²) in [5.74, 6) is 4.33. The fourth-order valence-electron chi connectivity index (χ4n) is 0.577. The molecule has 0 heteroatoms. The van der Waals surface area contributed by atoms with E-state index in [1.165, 1.54) is 25.7 Å². The van der Waals surface area contributed by atoms with Crippen molar-refractivity contribution in [3.05, 3.63) is 0 Å². The van der Waals surface area contributed by atoms with Gasteiger partial charge in [-0.2, -0.15) is 0 Å². The molecule has 162 valence electrons. The fourth-order valence-corrected chi connectivity index (χ4v) is 0.577. The van der Waals surface area contributed by atoms with Crippen molar-refractivity contribution in [3.8, 4) is 0 Å². The standard InChI is InChI=1S/C6H14.2C5H12.2C4H10.CH4/c1-4-5-6(2)3;2*1-4-5(2)3;2*1-4(2)3;/h6H,4-5H2,1-3H3;2*5H,4H2,1-3H3;2*4H,1-3H3;1H4. The summed E-state index contributed by atoms with van der Waals surface area (Å²) in [5.41, 5.74) is 0. The van der Waals surface area contributed by atoms with Gasteiger partial charge in [0.15, 0.2) is 0 Å². The van der Waals surface area contributed by atoms with E-state index in [4.69, 9.17) is 0 Å². The van der Waals surface area contributed by atoms with Crippen LogP contribution in [0.25, 0.3) is 0 Å². The number of hydrogen-bond acceptors (Lipinski definition) is 0. The molecule has 0 rings (SSSR count). The van der Waals surface area contributed by atoms with Crippen molar-refractivity contribution in [3.63, 3.8) is 0 Å². The Bertz CT molecular complexity index is 132. The molecule has 0 heterocycles. The van der Waals surface area contributed by atoms with Crippen LogP contribution in [0.5, 0.6) is 0 Å².